The van der Waals surface area contributed by atoms with Gasteiger partial charge in [-0.3, -0.25) is 8.78 Å². The van der Waals surface area contributed by atoms with Gasteiger partial charge in [0.05, 0.1) is 13.3 Å². The predicted molar refractivity (Wildman–Crippen MR) is 118 cm³/mol. The molecule has 0 aliphatic carbocycles. The van der Waals surface area contributed by atoms with Crippen LogP contribution >= 0.6 is 12.2 Å². The van der Waals surface area contributed by atoms with E-state index in [9.17, 15) is 13.6 Å². The lowest BCUT2D eigenvalue weighted by Crippen LogP contribution is -2.14. The van der Waals surface area contributed by atoms with Crippen LogP contribution in [-0.4, -0.2) is 28.7 Å². The van der Waals surface area contributed by atoms with Gasteiger partial charge in [0.1, 0.15) is 10.8 Å². The fourth-order valence-electron chi connectivity index (χ4n) is 3.45. The van der Waals surface area contributed by atoms with Crippen molar-refractivity contribution in [2.24, 2.45) is 11.7 Å². The predicted octanol–water partition coefficient (Wildman–Crippen LogP) is 5.02. The maximum Gasteiger partial charge on any atom is 0.130 e. The first-order valence-corrected chi connectivity index (χ1v) is 9.97. The molecule has 0 saturated heterocycles. The van der Waals surface area contributed by atoms with Crippen LogP contribution in [0.25, 0.3) is 22.0 Å². The molecule has 0 bridgehead atoms. The molecule has 1 aromatic heterocycles. The first-order chi connectivity index (χ1) is 13.9. The van der Waals surface area contributed by atoms with E-state index in [2.05, 4.69) is 0 Å². The van der Waals surface area contributed by atoms with Gasteiger partial charge in [-0.25, -0.2) is 0 Å². The van der Waals surface area contributed by atoms with E-state index in [1.165, 1.54) is 0 Å². The van der Waals surface area contributed by atoms with E-state index in [0.29, 0.717) is 17.8 Å². The highest BCUT2D eigenvalue weighted by molar-refractivity contribution is 7.80. The van der Waals surface area contributed by atoms with Crippen molar-refractivity contribution < 1.29 is 13.6 Å². The topological polar surface area (TPSA) is 48.0 Å². The lowest BCUT2D eigenvalue weighted by atomic mass is 10.0. The number of hydrogen-bond acceptors (Lipinski definition) is 2. The SMILES string of the molecule is CC(=O)CCc1ccc2c(-c3cccc(C(N)=S)c3)cn(CC(CF)CF)c2c1. The number of alkyl halides is 2. The van der Waals surface area contributed by atoms with Gasteiger partial charge in [0.25, 0.3) is 0 Å². The lowest BCUT2D eigenvalue weighted by molar-refractivity contribution is -0.116. The molecular formula is C23H24F2N2OS. The van der Waals surface area contributed by atoms with Crippen LogP contribution < -0.4 is 5.73 Å². The minimum absolute atomic E-state index is 0.130. The Bertz CT molecular complexity index is 1040. The molecule has 3 rings (SSSR count). The largest absolute Gasteiger partial charge is 0.389 e. The van der Waals surface area contributed by atoms with E-state index < -0.39 is 19.3 Å². The second-order valence-electron chi connectivity index (χ2n) is 7.37. The van der Waals surface area contributed by atoms with Crippen molar-refractivity contribution in [3.05, 3.63) is 59.8 Å². The third-order valence-corrected chi connectivity index (χ3v) is 5.30. The molecule has 3 nitrogen and oxygen atoms in total. The number of carbonyl (C=O) groups excluding carboxylic acids is 1. The fraction of sp³-hybridized carbons (Fsp3) is 0.304. The number of aromatic nitrogens is 1. The van der Waals surface area contributed by atoms with Crippen LogP contribution in [0.15, 0.2) is 48.7 Å². The van der Waals surface area contributed by atoms with Gasteiger partial charge < -0.3 is 15.1 Å². The monoisotopic (exact) mass is 414 g/mol. The molecule has 152 valence electrons. The van der Waals surface area contributed by atoms with Gasteiger partial charge in [0.15, 0.2) is 0 Å². The molecule has 0 radical (unpaired) electrons. The highest BCUT2D eigenvalue weighted by Crippen LogP contribution is 2.33. The molecule has 0 atom stereocenters. The molecular weight excluding hydrogens is 390 g/mol. The van der Waals surface area contributed by atoms with Gasteiger partial charge in [-0.05, 0) is 36.6 Å². The zero-order chi connectivity index (χ0) is 21.0. The Morgan fingerprint density at radius 3 is 2.59 bits per heavy atom. The van der Waals surface area contributed by atoms with Crippen molar-refractivity contribution in [1.29, 1.82) is 0 Å². The first-order valence-electron chi connectivity index (χ1n) is 9.56. The molecule has 0 unspecified atom stereocenters. The molecule has 0 saturated carbocycles. The Kier molecular flexibility index (Phi) is 6.75. The third kappa shape index (κ3) is 4.88. The van der Waals surface area contributed by atoms with E-state index in [1.54, 1.807) is 6.92 Å². The Morgan fingerprint density at radius 2 is 1.93 bits per heavy atom. The van der Waals surface area contributed by atoms with Crippen molar-refractivity contribution in [2.75, 3.05) is 13.3 Å². The van der Waals surface area contributed by atoms with Gasteiger partial charge in [0, 0.05) is 47.1 Å². The quantitative estimate of drug-likeness (QED) is 0.500. The third-order valence-electron chi connectivity index (χ3n) is 5.06. The van der Waals surface area contributed by atoms with Crippen LogP contribution in [0.1, 0.15) is 24.5 Å². The van der Waals surface area contributed by atoms with Crippen LogP contribution in [0.3, 0.4) is 0 Å². The molecule has 6 heteroatoms. The van der Waals surface area contributed by atoms with Gasteiger partial charge in [-0.1, -0.05) is 42.5 Å². The molecule has 0 spiro atoms. The van der Waals surface area contributed by atoms with Crippen molar-refractivity contribution >= 4 is 33.9 Å². The van der Waals surface area contributed by atoms with E-state index >= 15 is 0 Å². The van der Waals surface area contributed by atoms with Crippen LogP contribution in [0.2, 0.25) is 0 Å². The highest BCUT2D eigenvalue weighted by atomic mass is 32.1. The molecule has 1 heterocycles. The minimum atomic E-state index is -0.716. The second kappa shape index (κ2) is 9.27. The number of fused-ring (bicyclic) bond motifs is 1. The molecule has 2 aromatic carbocycles. The number of aryl methyl sites for hydroxylation is 1. The Labute approximate surface area is 174 Å². The van der Waals surface area contributed by atoms with Gasteiger partial charge in [-0.2, -0.15) is 0 Å². The molecule has 0 amide bonds. The van der Waals surface area contributed by atoms with E-state index in [4.69, 9.17) is 18.0 Å². The first kappa shape index (κ1) is 21.1. The lowest BCUT2D eigenvalue weighted by Gasteiger charge is -2.11. The van der Waals surface area contributed by atoms with Crippen molar-refractivity contribution in [3.8, 4) is 11.1 Å². The summed E-state index contributed by atoms with van der Waals surface area (Å²) < 4.78 is 28.3. The maximum atomic E-state index is 13.2. The molecule has 0 aliphatic heterocycles. The summed E-state index contributed by atoms with van der Waals surface area (Å²) in [6, 6.07) is 13.6. The van der Waals surface area contributed by atoms with Crippen molar-refractivity contribution in [1.82, 2.24) is 4.57 Å². The molecule has 2 N–H and O–H groups in total. The van der Waals surface area contributed by atoms with Crippen LogP contribution in [0.5, 0.6) is 0 Å². The van der Waals surface area contributed by atoms with Gasteiger partial charge >= 0.3 is 0 Å². The number of rotatable bonds is 9. The van der Waals surface area contributed by atoms with Gasteiger partial charge in [0.2, 0.25) is 0 Å². The zero-order valence-corrected chi connectivity index (χ0v) is 17.1. The number of carbonyl (C=O) groups is 1. The molecule has 29 heavy (non-hydrogen) atoms. The number of nitrogens with zero attached hydrogens (tertiary/aromatic N) is 1. The zero-order valence-electron chi connectivity index (χ0n) is 16.3. The van der Waals surface area contributed by atoms with Crippen molar-refractivity contribution in [3.63, 3.8) is 0 Å². The second-order valence-corrected chi connectivity index (χ2v) is 7.81. The minimum Gasteiger partial charge on any atom is -0.389 e. The Balaban J connectivity index is 2.11. The van der Waals surface area contributed by atoms with E-state index in [0.717, 1.165) is 33.2 Å². The number of hydrogen-bond donors (Lipinski definition) is 1. The van der Waals surface area contributed by atoms with Crippen LogP contribution in [0, 0.1) is 5.92 Å². The number of Topliss-reactive ketones (excluding diaryl/α,β-unsaturated/α-hetero) is 1. The summed E-state index contributed by atoms with van der Waals surface area (Å²) in [6.07, 6.45) is 3.03. The molecule has 3 aromatic rings. The Hall–Kier alpha value is -2.60. The average Bonchev–Trinajstić information content (AvgIpc) is 3.08. The number of thiocarbonyl (C=S) groups is 1. The fourth-order valence-corrected chi connectivity index (χ4v) is 3.58. The summed E-state index contributed by atoms with van der Waals surface area (Å²) in [4.78, 5) is 11.7. The number of halogens is 2. The maximum absolute atomic E-state index is 13.2. The standard InChI is InChI=1S/C23H24F2N2OS/c1-15(28)5-6-16-7-8-20-21(18-3-2-4-19(10-18)23(26)29)14-27(22(20)9-16)13-17(11-24)12-25/h2-4,7-10,14,17H,5-6,11-13H2,1H3,(H2,26,29). The number of nitrogens with two attached hydrogens (primary N) is 1. The summed E-state index contributed by atoms with van der Waals surface area (Å²) in [5.41, 5.74) is 10.3. The summed E-state index contributed by atoms with van der Waals surface area (Å²) in [5.74, 6) is -0.562. The van der Waals surface area contributed by atoms with E-state index in [1.807, 2.05) is 53.2 Å². The molecule has 0 fully saturated rings. The number of ketones is 1. The van der Waals surface area contributed by atoms with Gasteiger partial charge in [-0.15, -0.1) is 0 Å². The smallest absolute Gasteiger partial charge is 0.130 e. The summed E-state index contributed by atoms with van der Waals surface area (Å²) in [7, 11) is 0. The van der Waals surface area contributed by atoms with Crippen LogP contribution in [-0.2, 0) is 17.8 Å². The summed E-state index contributed by atoms with van der Waals surface area (Å²) in [6.45, 7) is 0.384. The summed E-state index contributed by atoms with van der Waals surface area (Å²) in [5, 5.41) is 0.980. The molecule has 0 aliphatic rings. The van der Waals surface area contributed by atoms with Crippen LogP contribution in [0.4, 0.5) is 8.78 Å². The summed E-state index contributed by atoms with van der Waals surface area (Å²) >= 11 is 5.09. The highest BCUT2D eigenvalue weighted by Gasteiger charge is 2.16. The number of benzene rings is 2. The normalized spacial score (nSPS) is 11.3. The van der Waals surface area contributed by atoms with Crippen molar-refractivity contribution in [2.45, 2.75) is 26.3 Å². The average molecular weight is 415 g/mol. The van der Waals surface area contributed by atoms with E-state index in [-0.39, 0.29) is 12.3 Å². The Morgan fingerprint density at radius 1 is 1.17 bits per heavy atom.